The van der Waals surface area contributed by atoms with Gasteiger partial charge in [-0.25, -0.2) is 5.32 Å². The van der Waals surface area contributed by atoms with Gasteiger partial charge >= 0.3 is 0 Å². The summed E-state index contributed by atoms with van der Waals surface area (Å²) < 4.78 is 0. The van der Waals surface area contributed by atoms with Crippen molar-refractivity contribution in [2.75, 3.05) is 0 Å². The molecule has 2 aromatic carbocycles. The SMILES string of the molecule is c1ccc(C2CCC(c3ccccc3)[N]2)cc1. The van der Waals surface area contributed by atoms with Gasteiger partial charge in [-0.1, -0.05) is 60.7 Å². The van der Waals surface area contributed by atoms with E-state index in [0.717, 1.165) is 0 Å². The summed E-state index contributed by atoms with van der Waals surface area (Å²) in [5.41, 5.74) is 2.71. The van der Waals surface area contributed by atoms with E-state index in [1.54, 1.807) is 0 Å². The Hall–Kier alpha value is -1.60. The van der Waals surface area contributed by atoms with Crippen LogP contribution in [0, 0.1) is 0 Å². The smallest absolute Gasteiger partial charge is 0.0503 e. The van der Waals surface area contributed by atoms with Crippen LogP contribution >= 0.6 is 0 Å². The highest BCUT2D eigenvalue weighted by Gasteiger charge is 2.27. The Morgan fingerprint density at radius 3 is 1.47 bits per heavy atom. The highest BCUT2D eigenvalue weighted by molar-refractivity contribution is 5.24. The van der Waals surface area contributed by atoms with Crippen LogP contribution in [0.3, 0.4) is 0 Å². The van der Waals surface area contributed by atoms with E-state index in [-0.39, 0.29) is 0 Å². The van der Waals surface area contributed by atoms with Crippen LogP contribution in [0.4, 0.5) is 0 Å². The second-order valence-electron chi connectivity index (χ2n) is 4.58. The summed E-state index contributed by atoms with van der Waals surface area (Å²) >= 11 is 0. The number of rotatable bonds is 2. The maximum atomic E-state index is 4.93. The van der Waals surface area contributed by atoms with Crippen LogP contribution in [0.2, 0.25) is 0 Å². The zero-order valence-corrected chi connectivity index (χ0v) is 9.79. The molecule has 0 N–H and O–H groups in total. The molecule has 1 heterocycles. The first-order valence-electron chi connectivity index (χ1n) is 6.23. The van der Waals surface area contributed by atoms with Crippen molar-refractivity contribution in [2.24, 2.45) is 0 Å². The fourth-order valence-electron chi connectivity index (χ4n) is 2.54. The monoisotopic (exact) mass is 222 g/mol. The molecule has 17 heavy (non-hydrogen) atoms. The molecule has 0 saturated carbocycles. The Balaban J connectivity index is 1.75. The molecule has 0 spiro atoms. The Bertz CT molecular complexity index is 418. The quantitative estimate of drug-likeness (QED) is 0.732. The van der Waals surface area contributed by atoms with Crippen molar-refractivity contribution in [3.05, 3.63) is 71.8 Å². The summed E-state index contributed by atoms with van der Waals surface area (Å²) in [4.78, 5) is 0. The van der Waals surface area contributed by atoms with Crippen LogP contribution in [-0.4, -0.2) is 0 Å². The standard InChI is InChI=1S/C16H16N/c1-3-7-13(8-4-1)15-11-12-16(17-15)14-9-5-2-6-10-14/h1-10,15-16H,11-12H2. The molecule has 1 heteroatoms. The number of hydrogen-bond donors (Lipinski definition) is 0. The molecule has 1 fully saturated rings. The van der Waals surface area contributed by atoms with Gasteiger partial charge in [0.15, 0.2) is 0 Å². The topological polar surface area (TPSA) is 14.1 Å². The van der Waals surface area contributed by atoms with Crippen LogP contribution < -0.4 is 5.32 Å². The molecule has 2 aromatic rings. The average Bonchev–Trinajstić information content (AvgIpc) is 2.90. The van der Waals surface area contributed by atoms with Crippen LogP contribution in [0.25, 0.3) is 0 Å². The molecular formula is C16H16N. The van der Waals surface area contributed by atoms with Gasteiger partial charge in [-0.05, 0) is 24.0 Å². The molecule has 1 saturated heterocycles. The normalized spacial score (nSPS) is 23.8. The first-order chi connectivity index (χ1) is 8.43. The summed E-state index contributed by atoms with van der Waals surface area (Å²) in [5.74, 6) is 0. The van der Waals surface area contributed by atoms with Crippen molar-refractivity contribution in [3.8, 4) is 0 Å². The third-order valence-electron chi connectivity index (χ3n) is 3.44. The lowest BCUT2D eigenvalue weighted by Crippen LogP contribution is -2.09. The zero-order valence-electron chi connectivity index (χ0n) is 9.79. The molecule has 85 valence electrons. The Morgan fingerprint density at radius 1 is 0.647 bits per heavy atom. The van der Waals surface area contributed by atoms with Gasteiger partial charge in [0, 0.05) is 0 Å². The fraction of sp³-hybridized carbons (Fsp3) is 0.250. The Morgan fingerprint density at radius 2 is 1.06 bits per heavy atom. The largest absolute Gasteiger partial charge is 0.226 e. The second kappa shape index (κ2) is 4.72. The third-order valence-corrected chi connectivity index (χ3v) is 3.44. The van der Waals surface area contributed by atoms with E-state index in [4.69, 9.17) is 5.32 Å². The van der Waals surface area contributed by atoms with Gasteiger partial charge in [-0.3, -0.25) is 0 Å². The maximum Gasteiger partial charge on any atom is 0.0503 e. The van der Waals surface area contributed by atoms with Crippen molar-refractivity contribution in [2.45, 2.75) is 24.9 Å². The van der Waals surface area contributed by atoms with Crippen molar-refractivity contribution < 1.29 is 0 Å². The molecule has 0 amide bonds. The minimum absolute atomic E-state index is 0.390. The van der Waals surface area contributed by atoms with E-state index in [1.807, 2.05) is 0 Å². The summed E-state index contributed by atoms with van der Waals surface area (Å²) in [6.07, 6.45) is 2.34. The van der Waals surface area contributed by atoms with Crippen LogP contribution in [-0.2, 0) is 0 Å². The predicted molar refractivity (Wildman–Crippen MR) is 69.7 cm³/mol. The van der Waals surface area contributed by atoms with E-state index in [0.29, 0.717) is 12.1 Å². The first kappa shape index (κ1) is 10.5. The van der Waals surface area contributed by atoms with Gasteiger partial charge in [0.25, 0.3) is 0 Å². The lowest BCUT2D eigenvalue weighted by atomic mass is 10.0. The van der Waals surface area contributed by atoms with Crippen molar-refractivity contribution in [1.82, 2.24) is 5.32 Å². The number of nitrogens with zero attached hydrogens (tertiary/aromatic N) is 1. The summed E-state index contributed by atoms with van der Waals surface area (Å²) in [6, 6.07) is 22.0. The van der Waals surface area contributed by atoms with Crippen molar-refractivity contribution in [3.63, 3.8) is 0 Å². The molecule has 1 radical (unpaired) electrons. The minimum Gasteiger partial charge on any atom is -0.226 e. The van der Waals surface area contributed by atoms with Gasteiger partial charge in [-0.2, -0.15) is 0 Å². The summed E-state index contributed by atoms with van der Waals surface area (Å²) in [7, 11) is 0. The van der Waals surface area contributed by atoms with Crippen molar-refractivity contribution >= 4 is 0 Å². The van der Waals surface area contributed by atoms with E-state index in [2.05, 4.69) is 60.7 Å². The highest BCUT2D eigenvalue weighted by atomic mass is 15.0. The zero-order chi connectivity index (χ0) is 11.5. The van der Waals surface area contributed by atoms with E-state index >= 15 is 0 Å². The van der Waals surface area contributed by atoms with E-state index < -0.39 is 0 Å². The molecule has 0 aromatic heterocycles. The van der Waals surface area contributed by atoms with E-state index in [1.165, 1.54) is 24.0 Å². The molecule has 3 rings (SSSR count). The first-order valence-corrected chi connectivity index (χ1v) is 6.23. The lowest BCUT2D eigenvalue weighted by molar-refractivity contribution is 0.560. The van der Waals surface area contributed by atoms with Crippen molar-refractivity contribution in [1.29, 1.82) is 0 Å². The Labute approximate surface area is 102 Å². The predicted octanol–water partition coefficient (Wildman–Crippen LogP) is 3.87. The molecule has 2 atom stereocenters. The molecular weight excluding hydrogens is 206 g/mol. The van der Waals surface area contributed by atoms with Gasteiger partial charge in [-0.15, -0.1) is 0 Å². The molecule has 1 aliphatic heterocycles. The molecule has 1 aliphatic rings. The molecule has 0 aliphatic carbocycles. The highest BCUT2D eigenvalue weighted by Crippen LogP contribution is 2.35. The summed E-state index contributed by atoms with van der Waals surface area (Å²) in [5, 5.41) is 4.93. The van der Waals surface area contributed by atoms with Crippen LogP contribution in [0.15, 0.2) is 60.7 Å². The lowest BCUT2D eigenvalue weighted by Gasteiger charge is -2.12. The molecule has 1 nitrogen and oxygen atoms in total. The van der Waals surface area contributed by atoms with Crippen LogP contribution in [0.5, 0.6) is 0 Å². The maximum absolute atomic E-state index is 4.93. The van der Waals surface area contributed by atoms with Gasteiger partial charge in [0.05, 0.1) is 12.1 Å². The fourth-order valence-corrected chi connectivity index (χ4v) is 2.54. The average molecular weight is 222 g/mol. The molecule has 0 bridgehead atoms. The second-order valence-corrected chi connectivity index (χ2v) is 4.58. The number of hydrogen-bond acceptors (Lipinski definition) is 0. The van der Waals surface area contributed by atoms with Gasteiger partial charge in [0.1, 0.15) is 0 Å². The van der Waals surface area contributed by atoms with Gasteiger partial charge in [0.2, 0.25) is 0 Å². The number of benzene rings is 2. The third kappa shape index (κ3) is 2.25. The molecule has 2 unspecified atom stereocenters. The minimum atomic E-state index is 0.390. The van der Waals surface area contributed by atoms with Crippen LogP contribution in [0.1, 0.15) is 36.1 Å². The summed E-state index contributed by atoms with van der Waals surface area (Å²) in [6.45, 7) is 0. The van der Waals surface area contributed by atoms with Gasteiger partial charge < -0.3 is 0 Å². The Kier molecular flexibility index (Phi) is 2.93. The van der Waals surface area contributed by atoms with E-state index in [9.17, 15) is 0 Å².